The van der Waals surface area contributed by atoms with Crippen molar-refractivity contribution in [1.29, 1.82) is 0 Å². The van der Waals surface area contributed by atoms with Crippen molar-refractivity contribution in [2.24, 2.45) is 0 Å². The van der Waals surface area contributed by atoms with Crippen LogP contribution in [0.5, 0.6) is 5.75 Å². The van der Waals surface area contributed by atoms with Crippen LogP contribution in [0.15, 0.2) is 18.2 Å². The lowest BCUT2D eigenvalue weighted by molar-refractivity contribution is 0.147. The van der Waals surface area contributed by atoms with E-state index in [0.29, 0.717) is 11.8 Å². The summed E-state index contributed by atoms with van der Waals surface area (Å²) in [6.07, 6.45) is 6.03. The maximum Gasteiger partial charge on any atom is 0.126 e. The molecule has 2 atom stereocenters. The zero-order valence-electron chi connectivity index (χ0n) is 11.2. The molecule has 1 aliphatic carbocycles. The number of ether oxygens (including phenoxy) is 1. The van der Waals surface area contributed by atoms with Gasteiger partial charge in [0.1, 0.15) is 17.7 Å². The van der Waals surface area contributed by atoms with Gasteiger partial charge in [0.15, 0.2) is 0 Å². The first-order valence-electron chi connectivity index (χ1n) is 6.81. The van der Waals surface area contributed by atoms with Crippen molar-refractivity contribution in [3.05, 3.63) is 29.6 Å². The lowest BCUT2D eigenvalue weighted by Gasteiger charge is -2.26. The molecule has 2 rings (SSSR count). The molecule has 0 aromatic heterocycles. The summed E-state index contributed by atoms with van der Waals surface area (Å²) < 4.78 is 19.3. The van der Waals surface area contributed by atoms with E-state index < -0.39 is 0 Å². The second kappa shape index (κ2) is 6.19. The average Bonchev–Trinajstić information content (AvgIpc) is 2.59. The zero-order valence-corrected chi connectivity index (χ0v) is 11.2. The fourth-order valence-electron chi connectivity index (χ4n) is 2.61. The van der Waals surface area contributed by atoms with E-state index >= 15 is 0 Å². The van der Waals surface area contributed by atoms with Gasteiger partial charge in [0.2, 0.25) is 0 Å². The van der Waals surface area contributed by atoms with Crippen LogP contribution in [0.25, 0.3) is 0 Å². The fraction of sp³-hybridized carbons (Fsp3) is 0.600. The first kappa shape index (κ1) is 13.3. The van der Waals surface area contributed by atoms with Gasteiger partial charge in [-0.1, -0.05) is 18.9 Å². The predicted molar refractivity (Wildman–Crippen MR) is 71.5 cm³/mol. The summed E-state index contributed by atoms with van der Waals surface area (Å²) in [4.78, 5) is 0. The Labute approximate surface area is 109 Å². The monoisotopic (exact) mass is 251 g/mol. The first-order chi connectivity index (χ1) is 8.70. The predicted octanol–water partition coefficient (Wildman–Crippen LogP) is 3.43. The number of halogens is 1. The van der Waals surface area contributed by atoms with Crippen LogP contribution in [0.2, 0.25) is 0 Å². The van der Waals surface area contributed by atoms with E-state index in [9.17, 15) is 4.39 Å². The molecule has 0 spiro atoms. The van der Waals surface area contributed by atoms with Crippen LogP contribution < -0.4 is 10.1 Å². The molecule has 0 radical (unpaired) electrons. The van der Waals surface area contributed by atoms with Crippen LogP contribution in [0.3, 0.4) is 0 Å². The van der Waals surface area contributed by atoms with E-state index in [1.165, 1.54) is 31.4 Å². The quantitative estimate of drug-likeness (QED) is 0.831. The molecule has 3 heteroatoms. The van der Waals surface area contributed by atoms with Gasteiger partial charge in [-0.05, 0) is 44.9 Å². The third kappa shape index (κ3) is 3.22. The Morgan fingerprint density at radius 1 is 1.22 bits per heavy atom. The van der Waals surface area contributed by atoms with Gasteiger partial charge in [0.05, 0.1) is 0 Å². The molecule has 1 aromatic carbocycles. The van der Waals surface area contributed by atoms with Gasteiger partial charge in [-0.3, -0.25) is 0 Å². The van der Waals surface area contributed by atoms with Crippen LogP contribution in [-0.4, -0.2) is 19.2 Å². The Hall–Kier alpha value is -1.09. The third-order valence-corrected chi connectivity index (χ3v) is 3.75. The maximum absolute atomic E-state index is 13.3. The zero-order chi connectivity index (χ0) is 13.0. The number of hydrogen-bond acceptors (Lipinski definition) is 2. The summed E-state index contributed by atoms with van der Waals surface area (Å²) in [5.41, 5.74) is 0.996. The summed E-state index contributed by atoms with van der Waals surface area (Å²) in [6.45, 7) is 1.96. The normalized spacial score (nSPS) is 24.6. The number of nitrogens with one attached hydrogen (secondary N) is 1. The summed E-state index contributed by atoms with van der Waals surface area (Å²) in [7, 11) is 1.98. The molecule has 1 N–H and O–H groups in total. The molecule has 0 bridgehead atoms. The van der Waals surface area contributed by atoms with Crippen molar-refractivity contribution < 1.29 is 9.13 Å². The van der Waals surface area contributed by atoms with Crippen LogP contribution in [0.4, 0.5) is 4.39 Å². The van der Waals surface area contributed by atoms with Gasteiger partial charge in [-0.25, -0.2) is 4.39 Å². The minimum atomic E-state index is -0.231. The highest BCUT2D eigenvalue weighted by Crippen LogP contribution is 2.26. The summed E-state index contributed by atoms with van der Waals surface area (Å²) >= 11 is 0. The lowest BCUT2D eigenvalue weighted by atomic mass is 10.1. The van der Waals surface area contributed by atoms with E-state index in [0.717, 1.165) is 18.4 Å². The Morgan fingerprint density at radius 3 is 2.78 bits per heavy atom. The molecule has 1 aromatic rings. The van der Waals surface area contributed by atoms with Crippen molar-refractivity contribution >= 4 is 0 Å². The fourth-order valence-corrected chi connectivity index (χ4v) is 2.61. The Balaban J connectivity index is 2.12. The Morgan fingerprint density at radius 2 is 2.00 bits per heavy atom. The number of rotatable bonds is 3. The highest BCUT2D eigenvalue weighted by molar-refractivity contribution is 5.33. The van der Waals surface area contributed by atoms with E-state index in [4.69, 9.17) is 4.74 Å². The summed E-state index contributed by atoms with van der Waals surface area (Å²) in [6, 6.07) is 5.11. The van der Waals surface area contributed by atoms with Crippen LogP contribution in [0.1, 0.15) is 37.7 Å². The smallest absolute Gasteiger partial charge is 0.126 e. The van der Waals surface area contributed by atoms with Gasteiger partial charge in [-0.2, -0.15) is 0 Å². The molecule has 1 aliphatic rings. The molecule has 18 heavy (non-hydrogen) atoms. The molecule has 0 heterocycles. The molecule has 0 aliphatic heterocycles. The van der Waals surface area contributed by atoms with Gasteiger partial charge in [0.25, 0.3) is 0 Å². The number of hydrogen-bond donors (Lipinski definition) is 1. The Kier molecular flexibility index (Phi) is 4.59. The van der Waals surface area contributed by atoms with Crippen LogP contribution in [-0.2, 0) is 0 Å². The number of likely N-dealkylation sites (N-methyl/N-ethyl adjacent to an activating group) is 1. The molecule has 0 saturated heterocycles. The van der Waals surface area contributed by atoms with Crippen molar-refractivity contribution in [2.45, 2.75) is 51.2 Å². The maximum atomic E-state index is 13.3. The van der Waals surface area contributed by atoms with Crippen molar-refractivity contribution in [3.8, 4) is 5.75 Å². The van der Waals surface area contributed by atoms with Crippen LogP contribution in [0, 0.1) is 12.7 Å². The standard InChI is InChI=1S/C15H22FNO/c1-11-8-9-12(16)10-15(11)18-14-7-5-3-4-6-13(14)17-2/h8-10,13-14,17H,3-7H2,1-2H3. The molecule has 100 valence electrons. The van der Waals surface area contributed by atoms with E-state index in [1.807, 2.05) is 14.0 Å². The first-order valence-corrected chi connectivity index (χ1v) is 6.81. The second-order valence-electron chi connectivity index (χ2n) is 5.10. The van der Waals surface area contributed by atoms with Gasteiger partial charge in [-0.15, -0.1) is 0 Å². The molecule has 2 unspecified atom stereocenters. The SMILES string of the molecule is CNC1CCCCCC1Oc1cc(F)ccc1C. The topological polar surface area (TPSA) is 21.3 Å². The van der Waals surface area contributed by atoms with Crippen molar-refractivity contribution in [1.82, 2.24) is 5.32 Å². The van der Waals surface area contributed by atoms with E-state index in [-0.39, 0.29) is 11.9 Å². The lowest BCUT2D eigenvalue weighted by Crippen LogP contribution is -2.40. The summed E-state index contributed by atoms with van der Waals surface area (Å²) in [5, 5.41) is 3.33. The van der Waals surface area contributed by atoms with Gasteiger partial charge in [0, 0.05) is 12.1 Å². The average molecular weight is 251 g/mol. The largest absolute Gasteiger partial charge is 0.488 e. The minimum absolute atomic E-state index is 0.151. The van der Waals surface area contributed by atoms with Gasteiger partial charge >= 0.3 is 0 Å². The molecular weight excluding hydrogens is 229 g/mol. The molecular formula is C15H22FNO. The summed E-state index contributed by atoms with van der Waals surface area (Å²) in [5.74, 6) is 0.451. The Bertz CT molecular complexity index is 394. The molecule has 0 amide bonds. The van der Waals surface area contributed by atoms with Gasteiger partial charge < -0.3 is 10.1 Å². The molecule has 2 nitrogen and oxygen atoms in total. The number of benzene rings is 1. The minimum Gasteiger partial charge on any atom is -0.488 e. The highest BCUT2D eigenvalue weighted by Gasteiger charge is 2.24. The van der Waals surface area contributed by atoms with Crippen LogP contribution >= 0.6 is 0 Å². The molecule has 1 fully saturated rings. The van der Waals surface area contributed by atoms with E-state index in [2.05, 4.69) is 5.32 Å². The third-order valence-electron chi connectivity index (χ3n) is 3.75. The molecule has 1 saturated carbocycles. The van der Waals surface area contributed by atoms with Crippen molar-refractivity contribution in [2.75, 3.05) is 7.05 Å². The number of aryl methyl sites for hydroxylation is 1. The second-order valence-corrected chi connectivity index (χ2v) is 5.10. The highest BCUT2D eigenvalue weighted by atomic mass is 19.1. The van der Waals surface area contributed by atoms with E-state index in [1.54, 1.807) is 6.07 Å². The van der Waals surface area contributed by atoms with Crippen molar-refractivity contribution in [3.63, 3.8) is 0 Å².